The number of hydrogen-bond donors (Lipinski definition) is 0. The number of rotatable bonds is 2. The number of carbonyl (C=O) groups excluding carboxylic acids is 1. The summed E-state index contributed by atoms with van der Waals surface area (Å²) in [6, 6.07) is 8.16. The summed E-state index contributed by atoms with van der Waals surface area (Å²) in [4.78, 5) is 16.2. The molecule has 5 nitrogen and oxygen atoms in total. The van der Waals surface area contributed by atoms with Crippen LogP contribution >= 0.6 is 0 Å². The highest BCUT2D eigenvalue weighted by Gasteiger charge is 2.29. The molecule has 1 unspecified atom stereocenters. The van der Waals surface area contributed by atoms with E-state index in [1.165, 1.54) is 5.56 Å². The lowest BCUT2D eigenvalue weighted by Crippen LogP contribution is -2.29. The molecule has 0 bridgehead atoms. The number of nitrogens with zero attached hydrogens (tertiary/aromatic N) is 4. The number of amides is 1. The second-order valence-corrected chi connectivity index (χ2v) is 6.87. The number of benzene rings is 1. The molecule has 0 radical (unpaired) electrons. The highest BCUT2D eigenvalue weighted by atomic mass is 16.2. The monoisotopic (exact) mass is 298 g/mol. The second-order valence-electron chi connectivity index (χ2n) is 6.87. The highest BCUT2D eigenvalue weighted by Crippen LogP contribution is 2.24. The minimum Gasteiger partial charge on any atom is -0.336 e. The van der Waals surface area contributed by atoms with Gasteiger partial charge in [-0.25, -0.2) is 0 Å². The normalized spacial score (nSPS) is 18.7. The summed E-state index contributed by atoms with van der Waals surface area (Å²) < 4.78 is 0. The van der Waals surface area contributed by atoms with Crippen LogP contribution in [0.4, 0.5) is 0 Å². The average Bonchev–Trinajstić information content (AvgIpc) is 3.16. The molecule has 22 heavy (non-hydrogen) atoms. The van der Waals surface area contributed by atoms with Gasteiger partial charge in [0.1, 0.15) is 0 Å². The van der Waals surface area contributed by atoms with Crippen LogP contribution in [0.2, 0.25) is 0 Å². The van der Waals surface area contributed by atoms with E-state index in [4.69, 9.17) is 0 Å². The Balaban J connectivity index is 1.70. The van der Waals surface area contributed by atoms with Gasteiger partial charge in [0, 0.05) is 18.7 Å². The Kier molecular flexibility index (Phi) is 3.72. The first-order chi connectivity index (χ1) is 10.4. The molecular formula is C17H22N4O. The predicted molar refractivity (Wildman–Crippen MR) is 84.7 cm³/mol. The Hall–Kier alpha value is -2.17. The van der Waals surface area contributed by atoms with Crippen LogP contribution in [0.25, 0.3) is 0 Å². The summed E-state index contributed by atoms with van der Waals surface area (Å²) in [6.45, 7) is 7.95. The van der Waals surface area contributed by atoms with Crippen LogP contribution in [-0.2, 0) is 5.41 Å². The molecule has 1 saturated heterocycles. The Morgan fingerprint density at radius 3 is 2.36 bits per heavy atom. The maximum absolute atomic E-state index is 12.6. The molecule has 2 heterocycles. The van der Waals surface area contributed by atoms with Crippen molar-refractivity contribution in [2.24, 2.45) is 0 Å². The minimum atomic E-state index is 0.0927. The van der Waals surface area contributed by atoms with E-state index in [-0.39, 0.29) is 17.4 Å². The molecule has 1 atom stereocenters. The van der Waals surface area contributed by atoms with Crippen molar-refractivity contribution in [3.05, 3.63) is 47.8 Å². The Bertz CT molecular complexity index is 640. The van der Waals surface area contributed by atoms with Gasteiger partial charge < -0.3 is 4.90 Å². The maximum atomic E-state index is 12.6. The SMILES string of the molecule is CC(C)(C)c1ccc(C(=O)N2CCC(n3nccn3)C2)cc1. The maximum Gasteiger partial charge on any atom is 0.253 e. The topological polar surface area (TPSA) is 51.0 Å². The van der Waals surface area contributed by atoms with Crippen LogP contribution in [-0.4, -0.2) is 38.9 Å². The molecule has 0 spiro atoms. The van der Waals surface area contributed by atoms with E-state index in [0.717, 1.165) is 18.5 Å². The molecule has 2 aromatic rings. The first-order valence-corrected chi connectivity index (χ1v) is 7.71. The predicted octanol–water partition coefficient (Wildman–Crippen LogP) is 2.66. The third kappa shape index (κ3) is 2.89. The molecule has 5 heteroatoms. The zero-order valence-electron chi connectivity index (χ0n) is 13.4. The Morgan fingerprint density at radius 1 is 1.14 bits per heavy atom. The van der Waals surface area contributed by atoms with Crippen molar-refractivity contribution < 1.29 is 4.79 Å². The third-order valence-corrected chi connectivity index (χ3v) is 4.21. The lowest BCUT2D eigenvalue weighted by molar-refractivity contribution is 0.0786. The van der Waals surface area contributed by atoms with Crippen LogP contribution in [0.1, 0.15) is 49.2 Å². The molecule has 0 saturated carbocycles. The summed E-state index contributed by atoms with van der Waals surface area (Å²) in [5, 5.41) is 8.34. The number of aromatic nitrogens is 3. The molecule has 1 aliphatic rings. The quantitative estimate of drug-likeness (QED) is 0.856. The van der Waals surface area contributed by atoms with E-state index in [1.807, 2.05) is 17.0 Å². The highest BCUT2D eigenvalue weighted by molar-refractivity contribution is 5.94. The largest absolute Gasteiger partial charge is 0.336 e. The number of likely N-dealkylation sites (tertiary alicyclic amines) is 1. The van der Waals surface area contributed by atoms with Crippen LogP contribution < -0.4 is 0 Å². The first kappa shape index (κ1) is 14.8. The van der Waals surface area contributed by atoms with E-state index in [9.17, 15) is 4.79 Å². The van der Waals surface area contributed by atoms with Crippen molar-refractivity contribution in [2.75, 3.05) is 13.1 Å². The van der Waals surface area contributed by atoms with Crippen LogP contribution in [0.3, 0.4) is 0 Å². The fraction of sp³-hybridized carbons (Fsp3) is 0.471. The summed E-state index contributed by atoms with van der Waals surface area (Å²) >= 11 is 0. The fourth-order valence-electron chi connectivity index (χ4n) is 2.82. The summed E-state index contributed by atoms with van der Waals surface area (Å²) in [6.07, 6.45) is 4.26. The van der Waals surface area contributed by atoms with Crippen LogP contribution in [0.15, 0.2) is 36.7 Å². The van der Waals surface area contributed by atoms with Gasteiger partial charge in [0.15, 0.2) is 0 Å². The molecular weight excluding hydrogens is 276 g/mol. The lowest BCUT2D eigenvalue weighted by Gasteiger charge is -2.20. The molecule has 1 aliphatic heterocycles. The molecule has 116 valence electrons. The summed E-state index contributed by atoms with van der Waals surface area (Å²) in [5.41, 5.74) is 2.10. The Labute approximate surface area is 130 Å². The van der Waals surface area contributed by atoms with Crippen molar-refractivity contribution in [1.82, 2.24) is 19.9 Å². The van der Waals surface area contributed by atoms with Gasteiger partial charge in [-0.15, -0.1) is 0 Å². The minimum absolute atomic E-state index is 0.0927. The summed E-state index contributed by atoms with van der Waals surface area (Å²) in [7, 11) is 0. The van der Waals surface area contributed by atoms with Gasteiger partial charge in [-0.05, 0) is 29.5 Å². The van der Waals surface area contributed by atoms with E-state index >= 15 is 0 Å². The lowest BCUT2D eigenvalue weighted by atomic mass is 9.86. The molecule has 3 rings (SSSR count). The molecule has 0 N–H and O–H groups in total. The van der Waals surface area contributed by atoms with Crippen molar-refractivity contribution >= 4 is 5.91 Å². The fourth-order valence-corrected chi connectivity index (χ4v) is 2.82. The van der Waals surface area contributed by atoms with Crippen LogP contribution in [0, 0.1) is 0 Å². The van der Waals surface area contributed by atoms with E-state index in [2.05, 4.69) is 43.1 Å². The van der Waals surface area contributed by atoms with Gasteiger partial charge >= 0.3 is 0 Å². The molecule has 1 amide bonds. The van der Waals surface area contributed by atoms with Gasteiger partial charge in [0.2, 0.25) is 0 Å². The molecule has 0 aliphatic carbocycles. The smallest absolute Gasteiger partial charge is 0.253 e. The third-order valence-electron chi connectivity index (χ3n) is 4.21. The zero-order chi connectivity index (χ0) is 15.7. The average molecular weight is 298 g/mol. The van der Waals surface area contributed by atoms with E-state index in [1.54, 1.807) is 17.2 Å². The summed E-state index contributed by atoms with van der Waals surface area (Å²) in [5.74, 6) is 0.0927. The van der Waals surface area contributed by atoms with Crippen molar-refractivity contribution in [1.29, 1.82) is 0 Å². The van der Waals surface area contributed by atoms with Gasteiger partial charge in [-0.1, -0.05) is 32.9 Å². The van der Waals surface area contributed by atoms with Crippen molar-refractivity contribution in [3.8, 4) is 0 Å². The van der Waals surface area contributed by atoms with Crippen molar-refractivity contribution in [2.45, 2.75) is 38.6 Å². The molecule has 1 aromatic heterocycles. The second kappa shape index (κ2) is 5.55. The van der Waals surface area contributed by atoms with Crippen LogP contribution in [0.5, 0.6) is 0 Å². The first-order valence-electron chi connectivity index (χ1n) is 7.71. The zero-order valence-corrected chi connectivity index (χ0v) is 13.4. The standard InChI is InChI=1S/C17H22N4O/c1-17(2,3)14-6-4-13(5-7-14)16(22)20-11-8-15(12-20)21-18-9-10-19-21/h4-7,9-10,15H,8,11-12H2,1-3H3. The van der Waals surface area contributed by atoms with Gasteiger partial charge in [-0.2, -0.15) is 15.0 Å². The van der Waals surface area contributed by atoms with Gasteiger partial charge in [0.25, 0.3) is 5.91 Å². The number of carbonyl (C=O) groups is 1. The molecule has 1 aromatic carbocycles. The number of hydrogen-bond acceptors (Lipinski definition) is 3. The molecule has 1 fully saturated rings. The van der Waals surface area contributed by atoms with Crippen molar-refractivity contribution in [3.63, 3.8) is 0 Å². The van der Waals surface area contributed by atoms with E-state index < -0.39 is 0 Å². The van der Waals surface area contributed by atoms with Gasteiger partial charge in [0.05, 0.1) is 18.4 Å². The van der Waals surface area contributed by atoms with Gasteiger partial charge in [-0.3, -0.25) is 4.79 Å². The van der Waals surface area contributed by atoms with E-state index in [0.29, 0.717) is 6.54 Å². The Morgan fingerprint density at radius 2 is 1.77 bits per heavy atom.